The van der Waals surface area contributed by atoms with Crippen molar-refractivity contribution < 1.29 is 89.4 Å². The number of carbonyl (C=O) groups is 1. The summed E-state index contributed by atoms with van der Waals surface area (Å²) in [5, 5.41) is 121. The number of hydrogen-bond donors (Lipinski definition) is 12. The van der Waals surface area contributed by atoms with Gasteiger partial charge in [-0.3, -0.25) is 4.79 Å². The van der Waals surface area contributed by atoms with Crippen molar-refractivity contribution in [1.29, 1.82) is 0 Å². The summed E-state index contributed by atoms with van der Waals surface area (Å²) in [5.41, 5.74) is 0. The van der Waals surface area contributed by atoms with Crippen LogP contribution in [0.3, 0.4) is 0 Å². The fourth-order valence-electron chi connectivity index (χ4n) is 12.4. The summed E-state index contributed by atoms with van der Waals surface area (Å²) in [6.45, 7) is 1.57. The highest BCUT2D eigenvalue weighted by molar-refractivity contribution is 5.76. The fourth-order valence-corrected chi connectivity index (χ4v) is 12.4. The van der Waals surface area contributed by atoms with E-state index in [9.17, 15) is 61.0 Å². The first-order valence-electron chi connectivity index (χ1n) is 39.4. The zero-order valence-electron chi connectivity index (χ0n) is 62.3. The molecule has 3 heterocycles. The quantitative estimate of drug-likeness (QED) is 0.0199. The highest BCUT2D eigenvalue weighted by Gasteiger charge is 2.53. The van der Waals surface area contributed by atoms with E-state index in [0.717, 1.165) is 109 Å². The molecule has 3 rings (SSSR count). The Balaban J connectivity index is 1.32. The average Bonchev–Trinajstić information content (AvgIpc) is 0.755. The molecule has 0 radical (unpaired) electrons. The van der Waals surface area contributed by atoms with Crippen molar-refractivity contribution in [2.45, 2.75) is 356 Å². The number of aliphatic hydroxyl groups excluding tert-OH is 11. The highest BCUT2D eigenvalue weighted by Crippen LogP contribution is 2.33. The van der Waals surface area contributed by atoms with Gasteiger partial charge in [-0.1, -0.05) is 270 Å². The van der Waals surface area contributed by atoms with E-state index < -0.39 is 124 Å². The van der Waals surface area contributed by atoms with Crippen LogP contribution < -0.4 is 5.32 Å². The Hall–Kier alpha value is -4.07. The molecule has 584 valence electrons. The molecule has 3 saturated heterocycles. The minimum atomic E-state index is -1.99. The van der Waals surface area contributed by atoms with Crippen LogP contribution >= 0.6 is 0 Å². The summed E-state index contributed by atoms with van der Waals surface area (Å²) < 4.78 is 34.4. The van der Waals surface area contributed by atoms with E-state index in [-0.39, 0.29) is 18.9 Å². The SMILES string of the molecule is CC/C=C\C/C=C\C/C=C\C/C=C\C/C=C\C/C=C\C/C=C\C/C=C\CCCCCCCCCCCCCCCCCCC(=O)NC(COC1OC(CO)C(OC2OC(CO)C(OC3OC(CO)C(O)C(O)C3O)C(O)C2O)C(O)C1O)C(O)/C=C/CC/C=C/CC/C=C/CCCCCCCC. The third-order valence-corrected chi connectivity index (χ3v) is 18.7. The molecule has 19 nitrogen and oxygen atoms in total. The van der Waals surface area contributed by atoms with Gasteiger partial charge in [-0.05, 0) is 109 Å². The maximum atomic E-state index is 13.4. The number of amides is 1. The number of aliphatic hydroxyl groups is 11. The third kappa shape index (κ3) is 41.7. The van der Waals surface area contributed by atoms with Gasteiger partial charge >= 0.3 is 0 Å². The van der Waals surface area contributed by atoms with Gasteiger partial charge in [-0.2, -0.15) is 0 Å². The minimum Gasteiger partial charge on any atom is -0.394 e. The van der Waals surface area contributed by atoms with Crippen LogP contribution in [0.4, 0.5) is 0 Å². The van der Waals surface area contributed by atoms with Gasteiger partial charge in [-0.15, -0.1) is 0 Å². The van der Waals surface area contributed by atoms with Crippen LogP contribution in [0.2, 0.25) is 0 Å². The number of hydrogen-bond acceptors (Lipinski definition) is 18. The van der Waals surface area contributed by atoms with Crippen LogP contribution in [-0.2, 0) is 33.2 Å². The second-order valence-electron chi connectivity index (χ2n) is 27.4. The predicted octanol–water partition coefficient (Wildman–Crippen LogP) is 12.9. The molecule has 19 heteroatoms. The van der Waals surface area contributed by atoms with E-state index in [1.165, 1.54) is 109 Å². The number of rotatable bonds is 60. The van der Waals surface area contributed by atoms with Crippen LogP contribution in [0, 0.1) is 0 Å². The predicted molar refractivity (Wildman–Crippen MR) is 406 cm³/mol. The lowest BCUT2D eigenvalue weighted by atomic mass is 9.96. The largest absolute Gasteiger partial charge is 0.394 e. The van der Waals surface area contributed by atoms with Gasteiger partial charge in [0.2, 0.25) is 5.91 Å². The third-order valence-electron chi connectivity index (χ3n) is 18.7. The Labute approximate surface area is 613 Å². The van der Waals surface area contributed by atoms with Crippen LogP contribution in [-0.4, -0.2) is 193 Å². The van der Waals surface area contributed by atoms with Gasteiger partial charge in [0, 0.05) is 6.42 Å². The second-order valence-corrected chi connectivity index (χ2v) is 27.4. The molecule has 0 bridgehead atoms. The molecule has 3 aliphatic rings. The molecule has 0 spiro atoms. The van der Waals surface area contributed by atoms with Crippen molar-refractivity contribution in [2.24, 2.45) is 0 Å². The lowest BCUT2D eigenvalue weighted by Gasteiger charge is -2.48. The van der Waals surface area contributed by atoms with Gasteiger partial charge in [0.1, 0.15) is 73.2 Å². The highest BCUT2D eigenvalue weighted by atomic mass is 16.8. The molecule has 0 aromatic rings. The molecule has 17 unspecified atom stereocenters. The molecule has 0 aromatic carbocycles. The van der Waals surface area contributed by atoms with E-state index in [1.54, 1.807) is 6.08 Å². The summed E-state index contributed by atoms with van der Waals surface area (Å²) in [6.07, 6.45) is 61.6. The minimum absolute atomic E-state index is 0.226. The van der Waals surface area contributed by atoms with Crippen molar-refractivity contribution in [1.82, 2.24) is 5.32 Å². The molecule has 0 saturated carbocycles. The van der Waals surface area contributed by atoms with Crippen molar-refractivity contribution in [2.75, 3.05) is 26.4 Å². The fraction of sp³-hybridized carbons (Fsp3) is 0.723. The Morgan fingerprint density at radius 2 is 0.686 bits per heavy atom. The zero-order chi connectivity index (χ0) is 73.9. The van der Waals surface area contributed by atoms with Crippen molar-refractivity contribution >= 4 is 5.91 Å². The van der Waals surface area contributed by atoms with Crippen molar-refractivity contribution in [3.63, 3.8) is 0 Å². The van der Waals surface area contributed by atoms with E-state index in [1.807, 2.05) is 6.08 Å². The Morgan fingerprint density at radius 1 is 0.363 bits per heavy atom. The van der Waals surface area contributed by atoms with Crippen molar-refractivity contribution in [3.05, 3.63) is 134 Å². The topological polar surface area (TPSA) is 307 Å². The Bertz CT molecular complexity index is 2370. The van der Waals surface area contributed by atoms with Gasteiger partial charge < -0.3 is 89.9 Å². The van der Waals surface area contributed by atoms with E-state index in [2.05, 4.69) is 141 Å². The molecular formula is C83H139NO18. The van der Waals surface area contributed by atoms with E-state index in [0.29, 0.717) is 12.8 Å². The first kappa shape index (κ1) is 92.1. The molecule has 17 atom stereocenters. The zero-order valence-corrected chi connectivity index (χ0v) is 62.3. The van der Waals surface area contributed by atoms with Crippen LogP contribution in [0.15, 0.2) is 134 Å². The number of nitrogens with one attached hydrogen (secondary N) is 1. The van der Waals surface area contributed by atoms with Gasteiger partial charge in [-0.25, -0.2) is 0 Å². The Morgan fingerprint density at radius 3 is 1.10 bits per heavy atom. The summed E-state index contributed by atoms with van der Waals surface area (Å²) >= 11 is 0. The summed E-state index contributed by atoms with van der Waals surface area (Å²) in [4.78, 5) is 13.4. The standard InChI is InChI=1S/C83H139NO18/c1-3-5-7-9-11-13-15-17-19-21-22-23-24-25-26-27-28-29-30-31-32-33-34-35-36-37-38-39-40-41-42-43-44-45-47-49-51-53-55-57-59-61-71(89)84-66(67(88)60-58-56-54-52-50-48-46-20-18-16-14-12-10-8-6-4-2)65-97-81-77(95)74(92)79(69(63-86)99-81)102-83-78(96)75(93)80(70(64-87)100-83)101-82-76(94)73(91)72(90)68(62-85)98-82/h5,7,11,13,17-20,22-23,25-26,28-29,31-32,34-35,50,52,58,60,66-70,72-83,85-88,90-96H,3-4,6,8-10,12,14-16,21,24,27,30,33,36-49,51,53-57,59,61-65H2,1-2H3,(H,84,89)/b7-5-,13-11-,19-17-,20-18+,23-22-,26-25-,29-28-,32-31-,35-34-,52-50+,60-58+. The van der Waals surface area contributed by atoms with Gasteiger partial charge in [0.15, 0.2) is 18.9 Å². The molecule has 1 amide bonds. The molecule has 0 aliphatic carbocycles. The maximum absolute atomic E-state index is 13.4. The second kappa shape index (κ2) is 62.0. The molecule has 12 N–H and O–H groups in total. The first-order chi connectivity index (χ1) is 49.8. The smallest absolute Gasteiger partial charge is 0.220 e. The lowest BCUT2D eigenvalue weighted by Crippen LogP contribution is -2.66. The maximum Gasteiger partial charge on any atom is 0.220 e. The van der Waals surface area contributed by atoms with Crippen LogP contribution in [0.5, 0.6) is 0 Å². The summed E-state index contributed by atoms with van der Waals surface area (Å²) in [7, 11) is 0. The molecule has 102 heavy (non-hydrogen) atoms. The van der Waals surface area contributed by atoms with Crippen LogP contribution in [0.1, 0.15) is 251 Å². The molecule has 3 fully saturated rings. The molecule has 3 aliphatic heterocycles. The summed E-state index contributed by atoms with van der Waals surface area (Å²) in [5.74, 6) is -0.293. The average molecular weight is 1440 g/mol. The number of ether oxygens (including phenoxy) is 6. The summed E-state index contributed by atoms with van der Waals surface area (Å²) in [6, 6.07) is -1.00. The van der Waals surface area contributed by atoms with Crippen LogP contribution in [0.25, 0.3) is 0 Å². The van der Waals surface area contributed by atoms with Gasteiger partial charge in [0.25, 0.3) is 0 Å². The molecular weight excluding hydrogens is 1300 g/mol. The number of carbonyl (C=O) groups excluding carboxylic acids is 1. The lowest BCUT2D eigenvalue weighted by molar-refractivity contribution is -0.379. The van der Waals surface area contributed by atoms with E-state index in [4.69, 9.17) is 28.4 Å². The first-order valence-corrected chi connectivity index (χ1v) is 39.4. The van der Waals surface area contributed by atoms with Gasteiger partial charge in [0.05, 0.1) is 38.6 Å². The monoisotopic (exact) mass is 1440 g/mol. The number of allylic oxidation sites excluding steroid dienone is 21. The normalized spacial score (nSPS) is 26.9. The molecule has 0 aromatic heterocycles. The Kier molecular flexibility index (Phi) is 56.0. The van der Waals surface area contributed by atoms with E-state index >= 15 is 0 Å². The van der Waals surface area contributed by atoms with Crippen molar-refractivity contribution in [3.8, 4) is 0 Å². The number of unbranched alkanes of at least 4 members (excludes halogenated alkanes) is 24.